The number of anilines is 1. The first-order valence-electron chi connectivity index (χ1n) is 10.0. The first kappa shape index (κ1) is 19.8. The Balaban J connectivity index is 1.42. The lowest BCUT2D eigenvalue weighted by Gasteiger charge is -2.20. The van der Waals surface area contributed by atoms with Crippen LogP contribution in [-0.4, -0.2) is 82.3 Å². The molecule has 1 aromatic rings. The number of likely N-dealkylation sites (N-methyl/N-ethyl adjacent to an activating group) is 1. The molecule has 0 aromatic heterocycles. The summed E-state index contributed by atoms with van der Waals surface area (Å²) in [5, 5.41) is 6.74. The molecule has 2 aliphatic rings. The van der Waals surface area contributed by atoms with E-state index in [1.807, 2.05) is 18.2 Å². The fourth-order valence-electron chi connectivity index (χ4n) is 3.39. The smallest absolute Gasteiger partial charge is 0.195 e. The zero-order chi connectivity index (χ0) is 18.9. The molecular formula is C20H33N5O2. The molecule has 2 heterocycles. The van der Waals surface area contributed by atoms with E-state index in [4.69, 9.17) is 9.47 Å². The number of nitrogens with one attached hydrogen (secondary N) is 2. The van der Waals surface area contributed by atoms with E-state index in [2.05, 4.69) is 32.5 Å². The van der Waals surface area contributed by atoms with Crippen LogP contribution >= 0.6 is 0 Å². The predicted octanol–water partition coefficient (Wildman–Crippen LogP) is 1.86. The normalized spacial score (nSPS) is 19.3. The van der Waals surface area contributed by atoms with Crippen molar-refractivity contribution in [2.75, 3.05) is 71.9 Å². The molecule has 7 nitrogen and oxygen atoms in total. The number of benzene rings is 1. The predicted molar refractivity (Wildman–Crippen MR) is 110 cm³/mol. The van der Waals surface area contributed by atoms with Crippen LogP contribution in [0.5, 0.6) is 11.5 Å². The fourth-order valence-corrected chi connectivity index (χ4v) is 3.39. The van der Waals surface area contributed by atoms with Gasteiger partial charge in [-0.2, -0.15) is 0 Å². The van der Waals surface area contributed by atoms with Gasteiger partial charge in [-0.1, -0.05) is 0 Å². The van der Waals surface area contributed by atoms with E-state index in [0.29, 0.717) is 13.2 Å². The minimum atomic E-state index is 0.690. The fraction of sp³-hybridized carbons (Fsp3) is 0.650. The van der Waals surface area contributed by atoms with Crippen molar-refractivity contribution in [1.82, 2.24) is 15.1 Å². The van der Waals surface area contributed by atoms with E-state index in [1.54, 1.807) is 7.05 Å². The molecule has 0 aliphatic carbocycles. The van der Waals surface area contributed by atoms with Gasteiger partial charge in [-0.25, -0.2) is 0 Å². The SMILES string of the molecule is CN=C(NCCCN1CCCN(C)CC1)Nc1ccc2c(c1)OCCCO2. The molecule has 0 saturated carbocycles. The average molecular weight is 376 g/mol. The lowest BCUT2D eigenvalue weighted by Crippen LogP contribution is -2.35. The first-order chi connectivity index (χ1) is 13.2. The van der Waals surface area contributed by atoms with Gasteiger partial charge in [0.25, 0.3) is 0 Å². The first-order valence-corrected chi connectivity index (χ1v) is 10.0. The third kappa shape index (κ3) is 6.29. The molecule has 2 aliphatic heterocycles. The topological polar surface area (TPSA) is 61.4 Å². The zero-order valence-electron chi connectivity index (χ0n) is 16.7. The largest absolute Gasteiger partial charge is 0.490 e. The van der Waals surface area contributed by atoms with Crippen molar-refractivity contribution in [3.05, 3.63) is 18.2 Å². The van der Waals surface area contributed by atoms with Crippen LogP contribution in [0.1, 0.15) is 19.3 Å². The summed E-state index contributed by atoms with van der Waals surface area (Å²) < 4.78 is 11.4. The molecule has 7 heteroatoms. The molecule has 0 unspecified atom stereocenters. The molecule has 27 heavy (non-hydrogen) atoms. The van der Waals surface area contributed by atoms with E-state index in [1.165, 1.54) is 32.6 Å². The van der Waals surface area contributed by atoms with Crippen molar-refractivity contribution in [2.45, 2.75) is 19.3 Å². The maximum atomic E-state index is 5.75. The lowest BCUT2D eigenvalue weighted by molar-refractivity contribution is 0.274. The van der Waals surface area contributed by atoms with Gasteiger partial charge in [0.2, 0.25) is 0 Å². The second-order valence-electron chi connectivity index (χ2n) is 7.19. The second-order valence-corrected chi connectivity index (χ2v) is 7.19. The molecule has 0 atom stereocenters. The number of ether oxygens (including phenoxy) is 2. The Morgan fingerprint density at radius 1 is 1.07 bits per heavy atom. The molecule has 1 saturated heterocycles. The van der Waals surface area contributed by atoms with E-state index in [9.17, 15) is 0 Å². The summed E-state index contributed by atoms with van der Waals surface area (Å²) in [4.78, 5) is 9.30. The number of nitrogens with zero attached hydrogens (tertiary/aromatic N) is 3. The summed E-state index contributed by atoms with van der Waals surface area (Å²) in [7, 11) is 4.00. The van der Waals surface area contributed by atoms with Crippen LogP contribution in [0.25, 0.3) is 0 Å². The summed E-state index contributed by atoms with van der Waals surface area (Å²) in [6.45, 7) is 8.17. The van der Waals surface area contributed by atoms with Gasteiger partial charge in [0.15, 0.2) is 17.5 Å². The second kappa shape index (κ2) is 10.4. The van der Waals surface area contributed by atoms with Crippen LogP contribution in [0, 0.1) is 0 Å². The summed E-state index contributed by atoms with van der Waals surface area (Å²) in [5.41, 5.74) is 0.947. The number of guanidine groups is 1. The number of rotatable bonds is 5. The number of fused-ring (bicyclic) bond motifs is 1. The van der Waals surface area contributed by atoms with Crippen molar-refractivity contribution in [1.29, 1.82) is 0 Å². The molecule has 1 aromatic carbocycles. The summed E-state index contributed by atoms with van der Waals surface area (Å²) in [6.07, 6.45) is 3.27. The highest BCUT2D eigenvalue weighted by atomic mass is 16.5. The van der Waals surface area contributed by atoms with Crippen LogP contribution < -0.4 is 20.1 Å². The molecule has 3 rings (SSSR count). The van der Waals surface area contributed by atoms with E-state index < -0.39 is 0 Å². The molecule has 150 valence electrons. The molecule has 1 fully saturated rings. The quantitative estimate of drug-likeness (QED) is 0.465. The Morgan fingerprint density at radius 2 is 1.93 bits per heavy atom. The Bertz CT molecular complexity index is 622. The van der Waals surface area contributed by atoms with E-state index >= 15 is 0 Å². The highest BCUT2D eigenvalue weighted by Crippen LogP contribution is 2.32. The van der Waals surface area contributed by atoms with Crippen molar-refractivity contribution in [3.8, 4) is 11.5 Å². The highest BCUT2D eigenvalue weighted by molar-refractivity contribution is 5.93. The maximum absolute atomic E-state index is 5.75. The Kier molecular flexibility index (Phi) is 7.59. The van der Waals surface area contributed by atoms with Gasteiger partial charge in [-0.05, 0) is 51.7 Å². The number of hydrogen-bond donors (Lipinski definition) is 2. The molecule has 0 radical (unpaired) electrons. The van der Waals surface area contributed by atoms with Crippen LogP contribution in [-0.2, 0) is 0 Å². The van der Waals surface area contributed by atoms with Crippen molar-refractivity contribution >= 4 is 11.6 Å². The van der Waals surface area contributed by atoms with E-state index in [0.717, 1.165) is 49.1 Å². The van der Waals surface area contributed by atoms with Gasteiger partial charge in [0.1, 0.15) is 0 Å². The van der Waals surface area contributed by atoms with Crippen molar-refractivity contribution in [2.24, 2.45) is 4.99 Å². The third-order valence-electron chi connectivity index (χ3n) is 4.99. The minimum absolute atomic E-state index is 0.690. The molecule has 0 amide bonds. The monoisotopic (exact) mass is 375 g/mol. The van der Waals surface area contributed by atoms with Gasteiger partial charge in [0, 0.05) is 44.9 Å². The zero-order valence-corrected chi connectivity index (χ0v) is 16.7. The molecule has 0 spiro atoms. The standard InChI is InChI=1S/C20H33N5O2/c1-21-20(22-8-3-10-25-11-4-9-24(2)12-13-25)23-17-6-7-18-19(16-17)27-15-5-14-26-18/h6-7,16H,3-5,8-15H2,1-2H3,(H2,21,22,23). The number of hydrogen-bond acceptors (Lipinski definition) is 5. The van der Waals surface area contributed by atoms with Crippen molar-refractivity contribution < 1.29 is 9.47 Å². The average Bonchev–Trinajstić information content (AvgIpc) is 3.04. The Labute approximate surface area is 162 Å². The maximum Gasteiger partial charge on any atom is 0.195 e. The van der Waals surface area contributed by atoms with Gasteiger partial charge < -0.3 is 29.9 Å². The van der Waals surface area contributed by atoms with Gasteiger partial charge in [-0.3, -0.25) is 4.99 Å². The van der Waals surface area contributed by atoms with Gasteiger partial charge >= 0.3 is 0 Å². The van der Waals surface area contributed by atoms with Crippen LogP contribution in [0.2, 0.25) is 0 Å². The van der Waals surface area contributed by atoms with Crippen LogP contribution in [0.3, 0.4) is 0 Å². The molecule has 2 N–H and O–H groups in total. The highest BCUT2D eigenvalue weighted by Gasteiger charge is 2.12. The molecule has 0 bridgehead atoms. The third-order valence-corrected chi connectivity index (χ3v) is 4.99. The molecular weight excluding hydrogens is 342 g/mol. The summed E-state index contributed by atoms with van der Waals surface area (Å²) in [5.74, 6) is 2.38. The van der Waals surface area contributed by atoms with Crippen LogP contribution in [0.4, 0.5) is 5.69 Å². The van der Waals surface area contributed by atoms with Crippen LogP contribution in [0.15, 0.2) is 23.2 Å². The summed E-state index contributed by atoms with van der Waals surface area (Å²) >= 11 is 0. The number of aliphatic imine (C=N–C) groups is 1. The van der Waals surface area contributed by atoms with Crippen molar-refractivity contribution in [3.63, 3.8) is 0 Å². The lowest BCUT2D eigenvalue weighted by atomic mass is 10.2. The van der Waals surface area contributed by atoms with Gasteiger partial charge in [0.05, 0.1) is 13.2 Å². The Hall–Kier alpha value is -1.99. The van der Waals surface area contributed by atoms with E-state index in [-0.39, 0.29) is 0 Å². The van der Waals surface area contributed by atoms with Gasteiger partial charge in [-0.15, -0.1) is 0 Å². The summed E-state index contributed by atoms with van der Waals surface area (Å²) in [6, 6.07) is 5.92. The Morgan fingerprint density at radius 3 is 2.78 bits per heavy atom. The minimum Gasteiger partial charge on any atom is -0.490 e.